The summed E-state index contributed by atoms with van der Waals surface area (Å²) in [4.78, 5) is 30.2. The van der Waals surface area contributed by atoms with Crippen LogP contribution in [0.5, 0.6) is 5.75 Å². The number of carbonyl (C=O) groups is 2. The quantitative estimate of drug-likeness (QED) is 0.682. The van der Waals surface area contributed by atoms with Crippen molar-refractivity contribution in [2.24, 2.45) is 0 Å². The second kappa shape index (κ2) is 9.44. The highest BCUT2D eigenvalue weighted by molar-refractivity contribution is 7.10. The van der Waals surface area contributed by atoms with Crippen LogP contribution in [0.25, 0.3) is 0 Å². The Hall–Kier alpha value is -2.34. The number of aryl methyl sites for hydroxylation is 1. The summed E-state index contributed by atoms with van der Waals surface area (Å²) in [5.41, 5.74) is 2.24. The lowest BCUT2D eigenvalue weighted by molar-refractivity contribution is -0.143. The van der Waals surface area contributed by atoms with Gasteiger partial charge in [0, 0.05) is 24.4 Å². The van der Waals surface area contributed by atoms with Gasteiger partial charge in [-0.3, -0.25) is 9.59 Å². The smallest absolute Gasteiger partial charge is 0.242 e. The number of hydrogen-bond acceptors (Lipinski definition) is 4. The fraction of sp³-hybridized carbons (Fsp3) is 0.478. The van der Waals surface area contributed by atoms with Gasteiger partial charge in [0.2, 0.25) is 11.8 Å². The van der Waals surface area contributed by atoms with Gasteiger partial charge in [-0.15, -0.1) is 11.3 Å². The van der Waals surface area contributed by atoms with Gasteiger partial charge in [0.1, 0.15) is 12.4 Å². The molecule has 2 atom stereocenters. The van der Waals surface area contributed by atoms with Gasteiger partial charge in [0.25, 0.3) is 0 Å². The molecule has 5 nitrogen and oxygen atoms in total. The molecule has 2 heterocycles. The van der Waals surface area contributed by atoms with Gasteiger partial charge in [-0.25, -0.2) is 0 Å². The highest BCUT2D eigenvalue weighted by Crippen LogP contribution is 2.34. The molecule has 6 heteroatoms. The third kappa shape index (κ3) is 4.81. The summed E-state index contributed by atoms with van der Waals surface area (Å²) in [6.07, 6.45) is 1.67. The van der Waals surface area contributed by atoms with Gasteiger partial charge in [0.05, 0.1) is 12.6 Å². The number of amides is 2. The third-order valence-corrected chi connectivity index (χ3v) is 6.73. The van der Waals surface area contributed by atoms with E-state index in [1.54, 1.807) is 16.2 Å². The summed E-state index contributed by atoms with van der Waals surface area (Å²) in [7, 11) is 0. The van der Waals surface area contributed by atoms with Crippen molar-refractivity contribution in [1.29, 1.82) is 0 Å². The second-order valence-electron chi connectivity index (χ2n) is 7.63. The van der Waals surface area contributed by atoms with Crippen LogP contribution in [0.15, 0.2) is 35.7 Å². The molecule has 3 rings (SSSR count). The maximum Gasteiger partial charge on any atom is 0.242 e. The van der Waals surface area contributed by atoms with Gasteiger partial charge >= 0.3 is 0 Å². The molecule has 29 heavy (non-hydrogen) atoms. The SMILES string of the molecule is CCC(C)N(CC(=O)N1CCc2sccc2C1COc1ccccc1C)C(C)=O. The topological polar surface area (TPSA) is 49.9 Å². The number of rotatable bonds is 7. The van der Waals surface area contributed by atoms with Gasteiger partial charge in [0.15, 0.2) is 0 Å². The predicted molar refractivity (Wildman–Crippen MR) is 116 cm³/mol. The fourth-order valence-electron chi connectivity index (χ4n) is 3.80. The molecule has 2 aromatic rings. The second-order valence-corrected chi connectivity index (χ2v) is 8.63. The lowest BCUT2D eigenvalue weighted by Crippen LogP contribution is -2.49. The van der Waals surface area contributed by atoms with Crippen molar-refractivity contribution < 1.29 is 14.3 Å². The molecule has 1 aliphatic heterocycles. The summed E-state index contributed by atoms with van der Waals surface area (Å²) >= 11 is 1.74. The molecule has 0 aliphatic carbocycles. The fourth-order valence-corrected chi connectivity index (χ4v) is 4.72. The summed E-state index contributed by atoms with van der Waals surface area (Å²) in [6, 6.07) is 9.93. The Balaban J connectivity index is 1.79. The average molecular weight is 415 g/mol. The number of para-hydroxylation sites is 1. The lowest BCUT2D eigenvalue weighted by atomic mass is 10.00. The van der Waals surface area contributed by atoms with E-state index in [4.69, 9.17) is 4.74 Å². The summed E-state index contributed by atoms with van der Waals surface area (Å²) < 4.78 is 6.13. The van der Waals surface area contributed by atoms with E-state index >= 15 is 0 Å². The normalized spacial score (nSPS) is 16.8. The molecule has 0 saturated heterocycles. The van der Waals surface area contributed by atoms with Crippen LogP contribution in [0.1, 0.15) is 49.2 Å². The van der Waals surface area contributed by atoms with Crippen molar-refractivity contribution in [2.75, 3.05) is 19.7 Å². The average Bonchev–Trinajstić information content (AvgIpc) is 3.19. The maximum atomic E-state index is 13.2. The number of fused-ring (bicyclic) bond motifs is 1. The Morgan fingerprint density at radius 3 is 2.76 bits per heavy atom. The van der Waals surface area contributed by atoms with Crippen molar-refractivity contribution >= 4 is 23.2 Å². The van der Waals surface area contributed by atoms with Crippen LogP contribution in [0.2, 0.25) is 0 Å². The zero-order chi connectivity index (χ0) is 21.0. The first kappa shape index (κ1) is 21.4. The molecule has 2 amide bonds. The summed E-state index contributed by atoms with van der Waals surface area (Å²) in [6.45, 7) is 8.75. The van der Waals surface area contributed by atoms with Crippen LogP contribution >= 0.6 is 11.3 Å². The summed E-state index contributed by atoms with van der Waals surface area (Å²) in [5.74, 6) is 0.761. The maximum absolute atomic E-state index is 13.2. The molecular formula is C23H30N2O3S. The first-order chi connectivity index (χ1) is 13.9. The largest absolute Gasteiger partial charge is 0.491 e. The molecule has 2 unspecified atom stereocenters. The minimum atomic E-state index is -0.136. The van der Waals surface area contributed by atoms with Crippen molar-refractivity contribution in [2.45, 2.75) is 52.6 Å². The Morgan fingerprint density at radius 1 is 1.31 bits per heavy atom. The number of carbonyl (C=O) groups excluding carboxylic acids is 2. The zero-order valence-electron chi connectivity index (χ0n) is 17.7. The molecular weight excluding hydrogens is 384 g/mol. The Morgan fingerprint density at radius 2 is 2.07 bits per heavy atom. The molecule has 156 valence electrons. The minimum Gasteiger partial charge on any atom is -0.491 e. The van der Waals surface area contributed by atoms with Gasteiger partial charge in [-0.05, 0) is 55.3 Å². The van der Waals surface area contributed by atoms with Crippen LogP contribution in [0.3, 0.4) is 0 Å². The standard InChI is InChI=1S/C23H30N2O3S/c1-5-17(3)25(18(4)26)14-23(27)24-12-10-22-19(11-13-29-22)20(24)15-28-21-9-7-6-8-16(21)2/h6-9,11,13,17,20H,5,10,12,14-15H2,1-4H3. The lowest BCUT2D eigenvalue weighted by Gasteiger charge is -2.38. The monoisotopic (exact) mass is 414 g/mol. The number of benzene rings is 1. The van der Waals surface area contributed by atoms with Crippen molar-refractivity contribution in [1.82, 2.24) is 9.80 Å². The van der Waals surface area contributed by atoms with Crippen molar-refractivity contribution in [3.05, 3.63) is 51.7 Å². The van der Waals surface area contributed by atoms with E-state index in [1.807, 2.05) is 49.9 Å². The van der Waals surface area contributed by atoms with E-state index < -0.39 is 0 Å². The van der Waals surface area contributed by atoms with E-state index in [0.29, 0.717) is 13.2 Å². The Kier molecular flexibility index (Phi) is 6.96. The van der Waals surface area contributed by atoms with Gasteiger partial charge in [-0.1, -0.05) is 25.1 Å². The molecule has 0 saturated carbocycles. The molecule has 0 spiro atoms. The number of ether oxygens (including phenoxy) is 1. The predicted octanol–water partition coefficient (Wildman–Crippen LogP) is 4.21. The molecule has 0 bridgehead atoms. The van der Waals surface area contributed by atoms with Crippen molar-refractivity contribution in [3.63, 3.8) is 0 Å². The van der Waals surface area contributed by atoms with Crippen LogP contribution in [-0.2, 0) is 16.0 Å². The van der Waals surface area contributed by atoms with E-state index in [-0.39, 0.29) is 30.4 Å². The van der Waals surface area contributed by atoms with E-state index in [1.165, 1.54) is 17.4 Å². The van der Waals surface area contributed by atoms with Crippen LogP contribution in [0, 0.1) is 6.92 Å². The summed E-state index contributed by atoms with van der Waals surface area (Å²) in [5, 5.41) is 2.08. The molecule has 1 aliphatic rings. The Labute approximate surface area is 177 Å². The molecule has 1 aromatic heterocycles. The minimum absolute atomic E-state index is 0.0178. The third-order valence-electron chi connectivity index (χ3n) is 5.74. The van der Waals surface area contributed by atoms with Gasteiger partial charge < -0.3 is 14.5 Å². The number of thiophene rings is 1. The van der Waals surface area contributed by atoms with Crippen LogP contribution < -0.4 is 4.74 Å². The van der Waals surface area contributed by atoms with E-state index in [2.05, 4.69) is 11.4 Å². The molecule has 0 fully saturated rings. The molecule has 0 radical (unpaired) electrons. The van der Waals surface area contributed by atoms with E-state index in [9.17, 15) is 9.59 Å². The Bertz CT molecular complexity index is 863. The van der Waals surface area contributed by atoms with Crippen LogP contribution in [0.4, 0.5) is 0 Å². The number of nitrogens with zero attached hydrogens (tertiary/aromatic N) is 2. The first-order valence-electron chi connectivity index (χ1n) is 10.2. The van der Waals surface area contributed by atoms with Crippen LogP contribution in [-0.4, -0.2) is 47.4 Å². The molecule has 0 N–H and O–H groups in total. The highest BCUT2D eigenvalue weighted by Gasteiger charge is 2.33. The highest BCUT2D eigenvalue weighted by atomic mass is 32.1. The van der Waals surface area contributed by atoms with Gasteiger partial charge in [-0.2, -0.15) is 0 Å². The van der Waals surface area contributed by atoms with Crippen molar-refractivity contribution in [3.8, 4) is 5.75 Å². The first-order valence-corrected chi connectivity index (χ1v) is 11.1. The molecule has 1 aromatic carbocycles. The van der Waals surface area contributed by atoms with E-state index in [0.717, 1.165) is 24.2 Å². The zero-order valence-corrected chi connectivity index (χ0v) is 18.5. The number of hydrogen-bond donors (Lipinski definition) is 0.